The van der Waals surface area contributed by atoms with Crippen LogP contribution in [0.4, 0.5) is 5.69 Å². The van der Waals surface area contributed by atoms with E-state index < -0.39 is 11.8 Å². The maximum absolute atomic E-state index is 12.7. The maximum atomic E-state index is 12.7. The van der Waals surface area contributed by atoms with E-state index in [0.717, 1.165) is 42.5 Å². The van der Waals surface area contributed by atoms with E-state index in [2.05, 4.69) is 37.6 Å². The number of aromatic nitrogens is 1. The highest BCUT2D eigenvalue weighted by Gasteiger charge is 2.32. The number of amides is 2. The van der Waals surface area contributed by atoms with Crippen LogP contribution in [0.5, 0.6) is 5.75 Å². The number of nitrogens with one attached hydrogen (secondary N) is 2. The van der Waals surface area contributed by atoms with Gasteiger partial charge in [0, 0.05) is 43.3 Å². The minimum atomic E-state index is -0.659. The SMILES string of the molecule is COc1ccccc1N1CCN([C@H](c2cccs2)[C@H](C)NC(=O)C(=O)NCc2ccccn2)CC1. The van der Waals surface area contributed by atoms with Gasteiger partial charge in [-0.15, -0.1) is 11.3 Å². The number of benzene rings is 1. The second-order valence-electron chi connectivity index (χ2n) is 8.42. The van der Waals surface area contributed by atoms with Crippen LogP contribution in [0, 0.1) is 0 Å². The third kappa shape index (κ3) is 6.17. The molecule has 1 fully saturated rings. The number of rotatable bonds is 8. The average Bonchev–Trinajstić information content (AvgIpc) is 3.42. The monoisotopic (exact) mass is 493 g/mol. The number of carbonyl (C=O) groups is 2. The molecule has 0 bridgehead atoms. The largest absolute Gasteiger partial charge is 0.495 e. The number of carbonyl (C=O) groups excluding carboxylic acids is 2. The first-order valence-electron chi connectivity index (χ1n) is 11.7. The molecule has 2 aromatic heterocycles. The van der Waals surface area contributed by atoms with Crippen molar-refractivity contribution in [2.45, 2.75) is 25.6 Å². The molecular formula is C26H31N5O3S. The van der Waals surface area contributed by atoms with Gasteiger partial charge in [0.25, 0.3) is 0 Å². The van der Waals surface area contributed by atoms with Gasteiger partial charge in [0.1, 0.15) is 5.75 Å². The summed E-state index contributed by atoms with van der Waals surface area (Å²) >= 11 is 1.66. The summed E-state index contributed by atoms with van der Waals surface area (Å²) in [5.41, 5.74) is 1.79. The number of methoxy groups -OCH3 is 1. The molecule has 0 radical (unpaired) electrons. The third-order valence-electron chi connectivity index (χ3n) is 6.16. The van der Waals surface area contributed by atoms with Gasteiger partial charge in [0.2, 0.25) is 0 Å². The van der Waals surface area contributed by atoms with Crippen LogP contribution in [0.3, 0.4) is 0 Å². The Morgan fingerprint density at radius 3 is 2.49 bits per heavy atom. The predicted octanol–water partition coefficient (Wildman–Crippen LogP) is 2.84. The number of anilines is 1. The zero-order chi connectivity index (χ0) is 24.6. The van der Waals surface area contributed by atoms with Crippen molar-refractivity contribution in [1.29, 1.82) is 0 Å². The van der Waals surface area contributed by atoms with Crippen LogP contribution >= 0.6 is 11.3 Å². The highest BCUT2D eigenvalue weighted by molar-refractivity contribution is 7.10. The first kappa shape index (κ1) is 24.7. The summed E-state index contributed by atoms with van der Waals surface area (Å²) in [6.45, 7) is 5.50. The van der Waals surface area contributed by atoms with Gasteiger partial charge in [-0.3, -0.25) is 19.5 Å². The molecule has 3 heterocycles. The fourth-order valence-electron chi connectivity index (χ4n) is 4.44. The molecule has 0 saturated carbocycles. The highest BCUT2D eigenvalue weighted by atomic mass is 32.1. The molecule has 0 spiro atoms. The van der Waals surface area contributed by atoms with Crippen molar-refractivity contribution in [2.24, 2.45) is 0 Å². The normalized spacial score (nSPS) is 15.8. The number of para-hydroxylation sites is 2. The molecular weight excluding hydrogens is 462 g/mol. The molecule has 2 N–H and O–H groups in total. The maximum Gasteiger partial charge on any atom is 0.309 e. The van der Waals surface area contributed by atoms with Crippen molar-refractivity contribution in [3.8, 4) is 5.75 Å². The summed E-state index contributed by atoms with van der Waals surface area (Å²) in [6.07, 6.45) is 1.66. The van der Waals surface area contributed by atoms with Crippen LogP contribution in [0.1, 0.15) is 23.5 Å². The van der Waals surface area contributed by atoms with E-state index >= 15 is 0 Å². The molecule has 1 aliphatic rings. The summed E-state index contributed by atoms with van der Waals surface area (Å²) in [5.74, 6) is -0.427. The molecule has 1 aliphatic heterocycles. The van der Waals surface area contributed by atoms with Crippen LogP contribution in [0.15, 0.2) is 66.2 Å². The van der Waals surface area contributed by atoms with E-state index in [1.54, 1.807) is 36.8 Å². The summed E-state index contributed by atoms with van der Waals surface area (Å²) in [4.78, 5) is 35.1. The molecule has 2 atom stereocenters. The number of nitrogens with zero attached hydrogens (tertiary/aromatic N) is 3. The zero-order valence-electron chi connectivity index (χ0n) is 20.0. The molecule has 0 unspecified atom stereocenters. The summed E-state index contributed by atoms with van der Waals surface area (Å²) < 4.78 is 5.54. The summed E-state index contributed by atoms with van der Waals surface area (Å²) in [7, 11) is 1.69. The third-order valence-corrected chi connectivity index (χ3v) is 7.11. The molecule has 184 valence electrons. The van der Waals surface area contributed by atoms with Gasteiger partial charge in [0.05, 0.1) is 31.1 Å². The Morgan fingerprint density at radius 1 is 1.03 bits per heavy atom. The highest BCUT2D eigenvalue weighted by Crippen LogP contribution is 2.32. The Hall–Kier alpha value is -3.43. The van der Waals surface area contributed by atoms with Crippen LogP contribution in [-0.4, -0.2) is 61.0 Å². The molecule has 3 aromatic rings. The standard InChI is InChI=1S/C26H31N5O3S/c1-19(29-26(33)25(32)28-18-20-8-5-6-12-27-20)24(23-11-7-17-35-23)31-15-13-30(14-16-31)21-9-3-4-10-22(21)34-2/h3-12,17,19,24H,13-16,18H2,1-2H3,(H,28,32)(H,29,33)/t19-,24-/m0/s1. The Morgan fingerprint density at radius 2 is 1.80 bits per heavy atom. The molecule has 9 heteroatoms. The van der Waals surface area contributed by atoms with Crippen LogP contribution in [0.25, 0.3) is 0 Å². The van der Waals surface area contributed by atoms with E-state index in [9.17, 15) is 9.59 Å². The van der Waals surface area contributed by atoms with Gasteiger partial charge >= 0.3 is 11.8 Å². The minimum absolute atomic E-state index is 0.0256. The van der Waals surface area contributed by atoms with Crippen molar-refractivity contribution < 1.29 is 14.3 Å². The van der Waals surface area contributed by atoms with Crippen LogP contribution < -0.4 is 20.3 Å². The van der Waals surface area contributed by atoms with E-state index in [4.69, 9.17) is 4.74 Å². The van der Waals surface area contributed by atoms with E-state index in [0.29, 0.717) is 5.69 Å². The Bertz CT molecular complexity index is 1100. The number of piperazine rings is 1. The molecule has 1 aromatic carbocycles. The number of hydrogen-bond acceptors (Lipinski definition) is 7. The summed E-state index contributed by atoms with van der Waals surface area (Å²) in [6, 6.07) is 17.3. The molecule has 2 amide bonds. The van der Waals surface area contributed by atoms with E-state index in [-0.39, 0.29) is 18.6 Å². The lowest BCUT2D eigenvalue weighted by atomic mass is 10.0. The second-order valence-corrected chi connectivity index (χ2v) is 9.40. The fourth-order valence-corrected chi connectivity index (χ4v) is 5.40. The number of thiophene rings is 1. The smallest absolute Gasteiger partial charge is 0.309 e. The molecule has 35 heavy (non-hydrogen) atoms. The van der Waals surface area contributed by atoms with Crippen molar-refractivity contribution >= 4 is 28.8 Å². The Labute approximate surface area is 209 Å². The van der Waals surface area contributed by atoms with Crippen molar-refractivity contribution in [3.63, 3.8) is 0 Å². The predicted molar refractivity (Wildman–Crippen MR) is 138 cm³/mol. The van der Waals surface area contributed by atoms with Gasteiger partial charge in [-0.2, -0.15) is 0 Å². The Balaban J connectivity index is 1.38. The molecule has 0 aliphatic carbocycles. The minimum Gasteiger partial charge on any atom is -0.495 e. The van der Waals surface area contributed by atoms with Gasteiger partial charge < -0.3 is 20.3 Å². The zero-order valence-corrected chi connectivity index (χ0v) is 20.8. The number of hydrogen-bond donors (Lipinski definition) is 2. The van der Waals surface area contributed by atoms with Gasteiger partial charge in [-0.05, 0) is 42.6 Å². The number of ether oxygens (including phenoxy) is 1. The van der Waals surface area contributed by atoms with Crippen LogP contribution in [-0.2, 0) is 16.1 Å². The van der Waals surface area contributed by atoms with E-state index in [1.165, 1.54) is 0 Å². The first-order chi connectivity index (χ1) is 17.1. The van der Waals surface area contributed by atoms with Gasteiger partial charge in [0.15, 0.2) is 0 Å². The molecule has 4 rings (SSSR count). The van der Waals surface area contributed by atoms with Gasteiger partial charge in [-0.25, -0.2) is 0 Å². The molecule has 8 nitrogen and oxygen atoms in total. The Kier molecular flexibility index (Phi) is 8.33. The lowest BCUT2D eigenvalue weighted by Gasteiger charge is -2.42. The van der Waals surface area contributed by atoms with Crippen molar-refractivity contribution in [1.82, 2.24) is 20.5 Å². The second kappa shape index (κ2) is 11.8. The summed E-state index contributed by atoms with van der Waals surface area (Å²) in [5, 5.41) is 7.62. The van der Waals surface area contributed by atoms with Crippen molar-refractivity contribution in [2.75, 3.05) is 38.2 Å². The number of pyridine rings is 1. The first-order valence-corrected chi connectivity index (χ1v) is 12.6. The van der Waals surface area contributed by atoms with E-state index in [1.807, 2.05) is 42.6 Å². The van der Waals surface area contributed by atoms with Crippen LogP contribution in [0.2, 0.25) is 0 Å². The quantitative estimate of drug-likeness (QED) is 0.470. The molecule has 1 saturated heterocycles. The fraction of sp³-hybridized carbons (Fsp3) is 0.346. The lowest BCUT2D eigenvalue weighted by molar-refractivity contribution is -0.140. The average molecular weight is 494 g/mol. The van der Waals surface area contributed by atoms with Crippen molar-refractivity contribution in [3.05, 3.63) is 76.7 Å². The lowest BCUT2D eigenvalue weighted by Crippen LogP contribution is -2.53. The van der Waals surface area contributed by atoms with Gasteiger partial charge in [-0.1, -0.05) is 24.3 Å². The topological polar surface area (TPSA) is 86.8 Å².